The van der Waals surface area contributed by atoms with Crippen molar-refractivity contribution in [3.8, 4) is 0 Å². The van der Waals surface area contributed by atoms with Gasteiger partial charge in [-0.1, -0.05) is 19.8 Å². The number of alkyl carbamates (subject to hydrolysis) is 1. The molecule has 0 spiro atoms. The molecule has 0 aliphatic carbocycles. The minimum Gasteiger partial charge on any atom is -0.469 e. The molecule has 7 heteroatoms. The van der Waals surface area contributed by atoms with Crippen molar-refractivity contribution < 1.29 is 23.9 Å². The van der Waals surface area contributed by atoms with Gasteiger partial charge in [0.2, 0.25) is 5.91 Å². The lowest BCUT2D eigenvalue weighted by atomic mass is 9.97. The molecule has 1 rings (SSSR count). The maximum Gasteiger partial charge on any atom is 0.407 e. The van der Waals surface area contributed by atoms with E-state index in [1.807, 2.05) is 20.8 Å². The number of methoxy groups -OCH3 is 1. The first-order valence-corrected chi connectivity index (χ1v) is 9.01. The first-order chi connectivity index (χ1) is 11.7. The Morgan fingerprint density at radius 1 is 1.28 bits per heavy atom. The Balaban J connectivity index is 2.57. The average molecular weight is 356 g/mol. The van der Waals surface area contributed by atoms with Crippen LogP contribution in [0.3, 0.4) is 0 Å². The summed E-state index contributed by atoms with van der Waals surface area (Å²) in [4.78, 5) is 37.9. The molecule has 1 saturated heterocycles. The van der Waals surface area contributed by atoms with Gasteiger partial charge in [0, 0.05) is 19.0 Å². The molecular formula is C18H32N2O5. The Morgan fingerprint density at radius 2 is 1.96 bits per heavy atom. The zero-order chi connectivity index (χ0) is 19.0. The summed E-state index contributed by atoms with van der Waals surface area (Å²) in [5.41, 5.74) is -0.552. The van der Waals surface area contributed by atoms with Crippen molar-refractivity contribution in [1.29, 1.82) is 0 Å². The van der Waals surface area contributed by atoms with Gasteiger partial charge in [0.15, 0.2) is 0 Å². The Hall–Kier alpha value is -1.79. The van der Waals surface area contributed by atoms with Gasteiger partial charge in [0.25, 0.3) is 0 Å². The largest absolute Gasteiger partial charge is 0.469 e. The lowest BCUT2D eigenvalue weighted by Gasteiger charge is -2.24. The minimum atomic E-state index is -0.552. The number of hydrogen-bond acceptors (Lipinski definition) is 5. The first-order valence-electron chi connectivity index (χ1n) is 9.01. The summed E-state index contributed by atoms with van der Waals surface area (Å²) >= 11 is 0. The van der Waals surface area contributed by atoms with Crippen LogP contribution < -0.4 is 5.32 Å². The van der Waals surface area contributed by atoms with E-state index in [4.69, 9.17) is 9.47 Å². The number of unbranched alkanes of at least 4 members (excludes halogenated alkanes) is 1. The Morgan fingerprint density at radius 3 is 2.52 bits per heavy atom. The standard InChI is InChI=1S/C18H32N2O5/c1-6-7-8-13(11-15(21)24-5)16(22)20-10-9-14(12-20)19-17(23)25-18(2,3)4/h13-14H,6-12H2,1-5H3,(H,19,23). The summed E-state index contributed by atoms with van der Waals surface area (Å²) in [5.74, 6) is -0.753. The van der Waals surface area contributed by atoms with E-state index in [1.54, 1.807) is 4.90 Å². The predicted molar refractivity (Wildman–Crippen MR) is 94.0 cm³/mol. The summed E-state index contributed by atoms with van der Waals surface area (Å²) in [6.07, 6.45) is 2.85. The third kappa shape index (κ3) is 7.75. The van der Waals surface area contributed by atoms with Gasteiger partial charge >= 0.3 is 12.1 Å². The second kappa shape index (κ2) is 9.63. The maximum absolute atomic E-state index is 12.7. The van der Waals surface area contributed by atoms with Crippen LogP contribution in [0.4, 0.5) is 4.79 Å². The molecule has 1 N–H and O–H groups in total. The SMILES string of the molecule is CCCCC(CC(=O)OC)C(=O)N1CCC(NC(=O)OC(C)(C)C)C1. The molecule has 25 heavy (non-hydrogen) atoms. The van der Waals surface area contributed by atoms with E-state index in [-0.39, 0.29) is 30.3 Å². The number of carbonyl (C=O) groups is 3. The van der Waals surface area contributed by atoms with E-state index in [1.165, 1.54) is 7.11 Å². The highest BCUT2D eigenvalue weighted by Crippen LogP contribution is 2.21. The third-order valence-corrected chi connectivity index (χ3v) is 4.12. The zero-order valence-electron chi connectivity index (χ0n) is 16.1. The average Bonchev–Trinajstić information content (AvgIpc) is 2.96. The molecule has 2 unspecified atom stereocenters. The lowest BCUT2D eigenvalue weighted by molar-refractivity contribution is -0.146. The molecule has 2 amide bonds. The number of amides is 2. The second-order valence-corrected chi connectivity index (χ2v) is 7.54. The van der Waals surface area contributed by atoms with Crippen molar-refractivity contribution >= 4 is 18.0 Å². The smallest absolute Gasteiger partial charge is 0.407 e. The van der Waals surface area contributed by atoms with Crippen molar-refractivity contribution in [2.45, 2.75) is 71.4 Å². The van der Waals surface area contributed by atoms with Gasteiger partial charge in [-0.25, -0.2) is 4.79 Å². The molecular weight excluding hydrogens is 324 g/mol. The number of rotatable bonds is 7. The van der Waals surface area contributed by atoms with Gasteiger partial charge in [0.05, 0.1) is 19.6 Å². The molecule has 144 valence electrons. The van der Waals surface area contributed by atoms with Gasteiger partial charge in [-0.2, -0.15) is 0 Å². The highest BCUT2D eigenvalue weighted by atomic mass is 16.6. The molecule has 7 nitrogen and oxygen atoms in total. The molecule has 0 radical (unpaired) electrons. The van der Waals surface area contributed by atoms with Crippen molar-refractivity contribution in [3.63, 3.8) is 0 Å². The third-order valence-electron chi connectivity index (χ3n) is 4.12. The highest BCUT2D eigenvalue weighted by molar-refractivity contribution is 5.84. The fraction of sp³-hybridized carbons (Fsp3) is 0.833. The quantitative estimate of drug-likeness (QED) is 0.708. The number of ether oxygens (including phenoxy) is 2. The second-order valence-electron chi connectivity index (χ2n) is 7.54. The topological polar surface area (TPSA) is 84.9 Å². The van der Waals surface area contributed by atoms with Crippen molar-refractivity contribution in [3.05, 3.63) is 0 Å². The number of nitrogens with zero attached hydrogens (tertiary/aromatic N) is 1. The van der Waals surface area contributed by atoms with E-state index in [0.29, 0.717) is 25.9 Å². The summed E-state index contributed by atoms with van der Waals surface area (Å²) < 4.78 is 9.96. The molecule has 0 aromatic carbocycles. The summed E-state index contributed by atoms with van der Waals surface area (Å²) in [5, 5.41) is 2.81. The fourth-order valence-electron chi connectivity index (χ4n) is 2.86. The monoisotopic (exact) mass is 356 g/mol. The molecule has 1 fully saturated rings. The predicted octanol–water partition coefficient (Wildman–Crippen LogP) is 2.48. The summed E-state index contributed by atoms with van der Waals surface area (Å²) in [6, 6.07) is -0.122. The molecule has 2 atom stereocenters. The number of likely N-dealkylation sites (tertiary alicyclic amines) is 1. The van der Waals surface area contributed by atoms with Crippen LogP contribution in [0.25, 0.3) is 0 Å². The number of esters is 1. The minimum absolute atomic E-state index is 0.0349. The van der Waals surface area contributed by atoms with Crippen molar-refractivity contribution in [1.82, 2.24) is 10.2 Å². The van der Waals surface area contributed by atoms with Crippen molar-refractivity contribution in [2.75, 3.05) is 20.2 Å². The van der Waals surface area contributed by atoms with Crippen LogP contribution in [-0.2, 0) is 19.1 Å². The molecule has 0 bridgehead atoms. The fourth-order valence-corrected chi connectivity index (χ4v) is 2.86. The Kier molecular flexibility index (Phi) is 8.19. The van der Waals surface area contributed by atoms with Crippen LogP contribution in [-0.4, -0.2) is 54.7 Å². The number of nitrogens with one attached hydrogen (secondary N) is 1. The zero-order valence-corrected chi connectivity index (χ0v) is 16.1. The Labute approximate surface area is 150 Å². The molecule has 1 aliphatic rings. The molecule has 0 aromatic heterocycles. The number of carbonyl (C=O) groups excluding carboxylic acids is 3. The van der Waals surface area contributed by atoms with Gasteiger partial charge in [-0.3, -0.25) is 9.59 Å². The lowest BCUT2D eigenvalue weighted by Crippen LogP contribution is -2.42. The molecule has 0 aromatic rings. The van der Waals surface area contributed by atoms with Gasteiger partial charge < -0.3 is 19.7 Å². The number of hydrogen-bond donors (Lipinski definition) is 1. The van der Waals surface area contributed by atoms with Crippen LogP contribution >= 0.6 is 0 Å². The van der Waals surface area contributed by atoms with Crippen LogP contribution in [0.5, 0.6) is 0 Å². The van der Waals surface area contributed by atoms with E-state index in [2.05, 4.69) is 12.2 Å². The van der Waals surface area contributed by atoms with Crippen molar-refractivity contribution in [2.24, 2.45) is 5.92 Å². The molecule has 1 heterocycles. The van der Waals surface area contributed by atoms with Crippen LogP contribution in [0.1, 0.15) is 59.8 Å². The van der Waals surface area contributed by atoms with Crippen LogP contribution in [0, 0.1) is 5.92 Å². The van der Waals surface area contributed by atoms with E-state index >= 15 is 0 Å². The van der Waals surface area contributed by atoms with Crippen LogP contribution in [0.15, 0.2) is 0 Å². The van der Waals surface area contributed by atoms with E-state index in [0.717, 1.165) is 12.8 Å². The molecule has 0 saturated carbocycles. The highest BCUT2D eigenvalue weighted by Gasteiger charge is 2.33. The van der Waals surface area contributed by atoms with Gasteiger partial charge in [-0.05, 0) is 33.6 Å². The van der Waals surface area contributed by atoms with Gasteiger partial charge in [-0.15, -0.1) is 0 Å². The Bertz CT molecular complexity index is 473. The maximum atomic E-state index is 12.7. The van der Waals surface area contributed by atoms with E-state index < -0.39 is 11.7 Å². The van der Waals surface area contributed by atoms with E-state index in [9.17, 15) is 14.4 Å². The summed E-state index contributed by atoms with van der Waals surface area (Å²) in [6.45, 7) is 8.49. The van der Waals surface area contributed by atoms with Crippen LogP contribution in [0.2, 0.25) is 0 Å². The first kappa shape index (κ1) is 21.3. The summed E-state index contributed by atoms with van der Waals surface area (Å²) in [7, 11) is 1.33. The molecule has 1 aliphatic heterocycles. The normalized spacial score (nSPS) is 18.6. The van der Waals surface area contributed by atoms with Gasteiger partial charge in [0.1, 0.15) is 5.60 Å².